The molecule has 3 aliphatic rings. The highest BCUT2D eigenvalue weighted by atomic mass is 16.5. The molecule has 8 N–H and O–H groups in total. The Bertz CT molecular complexity index is 1420. The van der Waals surface area contributed by atoms with E-state index in [1.807, 2.05) is 6.92 Å². The number of fused-ring (bicyclic) bond motifs is 3. The highest BCUT2D eigenvalue weighted by Gasteiger charge is 2.68. The average molecular weight is 604 g/mol. The normalized spacial score (nSPS) is 28.9. The number of hydrogen-bond acceptors (Lipinski definition) is 12. The number of likely N-dealkylation sites (N-methyl/N-ethyl adjacent to an activating group) is 1. The monoisotopic (exact) mass is 603 g/mol. The topological polar surface area (TPSA) is 220 Å². The second kappa shape index (κ2) is 12.0. The van der Waals surface area contributed by atoms with Crippen LogP contribution in [0.3, 0.4) is 0 Å². The molecule has 1 unspecified atom stereocenters. The fourth-order valence-corrected chi connectivity index (χ4v) is 6.70. The number of aliphatic hydroxyl groups is 4. The minimum Gasteiger partial charge on any atom is -0.508 e. The molecule has 0 aromatic heterocycles. The Hall–Kier alpha value is -3.94. The summed E-state index contributed by atoms with van der Waals surface area (Å²) in [5.41, 5.74) is 1.11. The molecule has 4 rings (SSSR count). The summed E-state index contributed by atoms with van der Waals surface area (Å²) < 4.78 is 5.12. The molecule has 0 saturated heterocycles. The van der Waals surface area contributed by atoms with E-state index in [1.54, 1.807) is 19.9 Å². The van der Waals surface area contributed by atoms with Crippen molar-refractivity contribution in [2.24, 2.45) is 17.6 Å². The fourth-order valence-electron chi connectivity index (χ4n) is 6.70. The SMILES string of the molecule is C.CCCC(Nc1ccc2c(c1O)C(O)=C1C(=O)[C@@]3(O)C(O)=C(C(N)=O)C(=O)[C@@H](N(C)C)[C@@H]3[C@H](O)[C@@H]1[C@@H]2C)C(=O)OCC. The molecule has 1 amide bonds. The number of nitrogens with one attached hydrogen (secondary N) is 1. The van der Waals surface area contributed by atoms with Crippen LogP contribution in [0.1, 0.15) is 58.1 Å². The molecule has 0 aliphatic heterocycles. The highest BCUT2D eigenvalue weighted by molar-refractivity contribution is 6.24. The van der Waals surface area contributed by atoms with Crippen LogP contribution in [0.25, 0.3) is 5.76 Å². The molecule has 0 spiro atoms. The van der Waals surface area contributed by atoms with E-state index in [0.717, 1.165) is 0 Å². The first kappa shape index (κ1) is 33.6. The number of nitrogens with zero attached hydrogens (tertiary/aromatic N) is 1. The zero-order valence-electron chi connectivity index (χ0n) is 24.0. The van der Waals surface area contributed by atoms with Crippen LogP contribution in [0.2, 0.25) is 0 Å². The van der Waals surface area contributed by atoms with E-state index >= 15 is 0 Å². The van der Waals surface area contributed by atoms with Crippen molar-refractivity contribution in [1.29, 1.82) is 0 Å². The molecule has 13 heteroatoms. The molecule has 43 heavy (non-hydrogen) atoms. The van der Waals surface area contributed by atoms with Crippen molar-refractivity contribution in [3.63, 3.8) is 0 Å². The Labute approximate surface area is 249 Å². The summed E-state index contributed by atoms with van der Waals surface area (Å²) in [6, 6.07) is 0.819. The molecule has 13 nitrogen and oxygen atoms in total. The van der Waals surface area contributed by atoms with Gasteiger partial charge in [0, 0.05) is 11.5 Å². The van der Waals surface area contributed by atoms with Gasteiger partial charge in [-0.25, -0.2) is 4.79 Å². The van der Waals surface area contributed by atoms with Gasteiger partial charge in [-0.05, 0) is 45.0 Å². The minimum absolute atomic E-state index is 0. The second-order valence-corrected chi connectivity index (χ2v) is 11.2. The van der Waals surface area contributed by atoms with Gasteiger partial charge in [0.1, 0.15) is 28.9 Å². The van der Waals surface area contributed by atoms with Crippen LogP contribution in [0.15, 0.2) is 29.0 Å². The number of aromatic hydroxyl groups is 1. The van der Waals surface area contributed by atoms with Crippen molar-refractivity contribution in [1.82, 2.24) is 4.90 Å². The third-order valence-corrected chi connectivity index (χ3v) is 8.61. The number of nitrogens with two attached hydrogens (primary N) is 1. The molecule has 1 saturated carbocycles. The summed E-state index contributed by atoms with van der Waals surface area (Å²) in [4.78, 5) is 53.3. The number of ketones is 2. The fraction of sp³-hybridized carbons (Fsp3) is 0.533. The molecule has 7 atom stereocenters. The van der Waals surface area contributed by atoms with E-state index in [1.165, 1.54) is 25.1 Å². The molecule has 0 bridgehead atoms. The number of phenols is 1. The van der Waals surface area contributed by atoms with Crippen LogP contribution in [0.4, 0.5) is 5.69 Å². The number of amides is 1. The Morgan fingerprint density at radius 1 is 1.16 bits per heavy atom. The maximum absolute atomic E-state index is 14.1. The summed E-state index contributed by atoms with van der Waals surface area (Å²) >= 11 is 0. The third kappa shape index (κ3) is 4.85. The lowest BCUT2D eigenvalue weighted by Crippen LogP contribution is -2.70. The van der Waals surface area contributed by atoms with E-state index in [-0.39, 0.29) is 25.3 Å². The Balaban J connectivity index is 0.00000506. The maximum Gasteiger partial charge on any atom is 0.328 e. The van der Waals surface area contributed by atoms with Crippen LogP contribution < -0.4 is 11.1 Å². The van der Waals surface area contributed by atoms with Crippen LogP contribution in [-0.2, 0) is 23.9 Å². The highest BCUT2D eigenvalue weighted by Crippen LogP contribution is 2.56. The number of carbonyl (C=O) groups is 4. The first-order chi connectivity index (χ1) is 19.7. The molecule has 236 valence electrons. The van der Waals surface area contributed by atoms with Crippen LogP contribution in [0.5, 0.6) is 5.75 Å². The number of phenolic OH excluding ortho intramolecular Hbond substituents is 1. The molecule has 1 aromatic rings. The van der Waals surface area contributed by atoms with E-state index < -0.39 is 93.4 Å². The van der Waals surface area contributed by atoms with Gasteiger partial charge in [-0.3, -0.25) is 19.3 Å². The van der Waals surface area contributed by atoms with Crippen molar-refractivity contribution in [3.05, 3.63) is 40.2 Å². The predicted molar refractivity (Wildman–Crippen MR) is 156 cm³/mol. The number of primary amides is 1. The third-order valence-electron chi connectivity index (χ3n) is 8.61. The number of ether oxygens (including phenoxy) is 1. The van der Waals surface area contributed by atoms with E-state index in [4.69, 9.17) is 10.5 Å². The van der Waals surface area contributed by atoms with Gasteiger partial charge < -0.3 is 41.3 Å². The number of hydrogen-bond donors (Lipinski definition) is 7. The summed E-state index contributed by atoms with van der Waals surface area (Å²) in [7, 11) is 2.89. The predicted octanol–water partition coefficient (Wildman–Crippen LogP) is 1.28. The molecular formula is C30H41N3O10. The lowest BCUT2D eigenvalue weighted by atomic mass is 9.54. The zero-order chi connectivity index (χ0) is 31.4. The maximum atomic E-state index is 14.1. The van der Waals surface area contributed by atoms with Gasteiger partial charge in [0.05, 0.1) is 35.9 Å². The van der Waals surface area contributed by atoms with E-state index in [2.05, 4.69) is 5.32 Å². The Kier molecular flexibility index (Phi) is 9.35. The van der Waals surface area contributed by atoms with Crippen molar-refractivity contribution in [2.75, 3.05) is 26.0 Å². The van der Waals surface area contributed by atoms with Gasteiger partial charge in [-0.1, -0.05) is 33.8 Å². The zero-order valence-corrected chi connectivity index (χ0v) is 24.0. The van der Waals surface area contributed by atoms with Crippen LogP contribution in [-0.4, -0.2) is 98.4 Å². The summed E-state index contributed by atoms with van der Waals surface area (Å²) in [5, 5.41) is 60.1. The van der Waals surface area contributed by atoms with Gasteiger partial charge in [-0.15, -0.1) is 0 Å². The number of Topliss-reactive ketones (excluding diaryl/α,β-unsaturated/α-hetero) is 2. The molecule has 0 radical (unpaired) electrons. The molecular weight excluding hydrogens is 562 g/mol. The summed E-state index contributed by atoms with van der Waals surface area (Å²) in [5.74, 6) is -10.2. The largest absolute Gasteiger partial charge is 0.508 e. The lowest BCUT2D eigenvalue weighted by Gasteiger charge is -2.53. The molecule has 3 aliphatic carbocycles. The van der Waals surface area contributed by atoms with Gasteiger partial charge in [0.25, 0.3) is 5.91 Å². The number of aliphatic hydroxyl groups excluding tert-OH is 3. The standard InChI is InChI=1S/C29H37N3O10.CH4/c1-6-8-14(28(40)42-7-2)31-13-10-9-12-11(3)15-17(22(34)16(12)21(13)33)25(37)29(41)19(23(15)35)20(32(4)5)24(36)18(26(29)38)27(30)39;/h9-11,14-15,19-20,23,31,33-35,38,41H,6-8H2,1-5H3,(H2,30,39);1H4/t11-,14?,15-,19-,20+,23-,29-;/m1./s1. The van der Waals surface area contributed by atoms with Crippen molar-refractivity contribution >= 4 is 34.9 Å². The van der Waals surface area contributed by atoms with Crippen LogP contribution >= 0.6 is 0 Å². The molecule has 0 heterocycles. The smallest absolute Gasteiger partial charge is 0.328 e. The number of anilines is 1. The average Bonchev–Trinajstić information content (AvgIpc) is 2.91. The number of carbonyl (C=O) groups excluding carboxylic acids is 4. The summed E-state index contributed by atoms with van der Waals surface area (Å²) in [6.07, 6.45) is -0.693. The first-order valence-corrected chi connectivity index (χ1v) is 13.8. The van der Waals surface area contributed by atoms with Crippen molar-refractivity contribution in [3.8, 4) is 5.75 Å². The quantitative estimate of drug-likeness (QED) is 0.127. The van der Waals surface area contributed by atoms with Crippen molar-refractivity contribution < 1.29 is 49.4 Å². The summed E-state index contributed by atoms with van der Waals surface area (Å²) in [6.45, 7) is 5.32. The molecule has 1 fully saturated rings. The van der Waals surface area contributed by atoms with E-state index in [9.17, 15) is 44.7 Å². The van der Waals surface area contributed by atoms with Crippen molar-refractivity contribution in [2.45, 2.75) is 70.7 Å². The lowest BCUT2D eigenvalue weighted by molar-refractivity contribution is -0.169. The molecule has 1 aromatic carbocycles. The van der Waals surface area contributed by atoms with Gasteiger partial charge in [0.2, 0.25) is 5.78 Å². The number of benzene rings is 1. The van der Waals surface area contributed by atoms with Gasteiger partial charge in [-0.2, -0.15) is 0 Å². The number of esters is 1. The van der Waals surface area contributed by atoms with E-state index in [0.29, 0.717) is 18.4 Å². The Morgan fingerprint density at radius 2 is 1.79 bits per heavy atom. The first-order valence-electron chi connectivity index (χ1n) is 13.8. The number of rotatable bonds is 8. The van der Waals surface area contributed by atoms with Crippen LogP contribution in [0, 0.1) is 11.8 Å². The minimum atomic E-state index is -2.99. The van der Waals surface area contributed by atoms with Gasteiger partial charge in [0.15, 0.2) is 11.4 Å². The Morgan fingerprint density at radius 3 is 2.33 bits per heavy atom. The van der Waals surface area contributed by atoms with Gasteiger partial charge >= 0.3 is 5.97 Å². The second-order valence-electron chi connectivity index (χ2n) is 11.2.